The molecule has 0 unspecified atom stereocenters. The molecule has 1 N–H and O–H groups in total. The number of hydrogen-bond donors (Lipinski definition) is 1. The Labute approximate surface area is 176 Å². The van der Waals surface area contributed by atoms with Crippen molar-refractivity contribution in [1.29, 1.82) is 5.26 Å². The van der Waals surface area contributed by atoms with Gasteiger partial charge in [-0.1, -0.05) is 16.8 Å². The third-order valence-corrected chi connectivity index (χ3v) is 4.50. The highest BCUT2D eigenvalue weighted by Gasteiger charge is 2.15. The average molecular weight is 430 g/mol. The summed E-state index contributed by atoms with van der Waals surface area (Å²) in [7, 11) is 0. The van der Waals surface area contributed by atoms with Crippen LogP contribution in [0, 0.1) is 17.1 Å². The Balaban J connectivity index is 1.60. The topological polar surface area (TPSA) is 114 Å². The predicted octanol–water partition coefficient (Wildman–Crippen LogP) is 3.15. The zero-order chi connectivity index (χ0) is 21.8. The van der Waals surface area contributed by atoms with E-state index in [9.17, 15) is 14.0 Å². The van der Waals surface area contributed by atoms with Crippen molar-refractivity contribution in [2.45, 2.75) is 32.9 Å². The van der Waals surface area contributed by atoms with Crippen LogP contribution in [0.2, 0.25) is 5.02 Å². The van der Waals surface area contributed by atoms with Crippen molar-refractivity contribution in [3.8, 4) is 17.3 Å². The van der Waals surface area contributed by atoms with Crippen LogP contribution in [-0.4, -0.2) is 32.7 Å². The van der Waals surface area contributed by atoms with Crippen LogP contribution in [0.4, 0.5) is 4.39 Å². The van der Waals surface area contributed by atoms with Crippen LogP contribution >= 0.6 is 11.6 Å². The third kappa shape index (κ3) is 4.90. The number of nitrogens with one attached hydrogen (secondary N) is 1. The van der Waals surface area contributed by atoms with E-state index in [2.05, 4.69) is 15.6 Å². The minimum atomic E-state index is -0.712. The Morgan fingerprint density at radius 3 is 2.80 bits per heavy atom. The van der Waals surface area contributed by atoms with Gasteiger partial charge in [-0.05, 0) is 25.1 Å². The van der Waals surface area contributed by atoms with Crippen molar-refractivity contribution < 1.29 is 18.5 Å². The van der Waals surface area contributed by atoms with Gasteiger partial charge in [-0.15, -0.1) is 0 Å². The largest absolute Gasteiger partial charge is 0.353 e. The number of benzene rings is 1. The number of ketones is 1. The molecule has 0 saturated carbocycles. The average Bonchev–Trinajstić information content (AvgIpc) is 3.31. The molecule has 2 aromatic heterocycles. The molecule has 30 heavy (non-hydrogen) atoms. The van der Waals surface area contributed by atoms with Crippen LogP contribution in [0.5, 0.6) is 0 Å². The molecule has 8 nitrogen and oxygen atoms in total. The van der Waals surface area contributed by atoms with E-state index in [0.29, 0.717) is 23.5 Å². The van der Waals surface area contributed by atoms with E-state index in [1.165, 1.54) is 25.1 Å². The maximum absolute atomic E-state index is 14.0. The quantitative estimate of drug-likeness (QED) is 0.577. The summed E-state index contributed by atoms with van der Waals surface area (Å²) in [6, 6.07) is 7.27. The molecular weight excluding hydrogens is 413 g/mol. The summed E-state index contributed by atoms with van der Waals surface area (Å²) in [5.74, 6) is -1.15. The number of nitrogens with zero attached hydrogens (tertiary/aromatic N) is 4. The number of nitriles is 1. The zero-order valence-electron chi connectivity index (χ0n) is 16.1. The lowest BCUT2D eigenvalue weighted by Gasteiger charge is -2.13. The van der Waals surface area contributed by atoms with Crippen LogP contribution in [-0.2, 0) is 17.8 Å². The first-order chi connectivity index (χ1) is 14.3. The van der Waals surface area contributed by atoms with Crippen LogP contribution in [0.15, 0.2) is 35.0 Å². The van der Waals surface area contributed by atoms with Crippen molar-refractivity contribution in [2.24, 2.45) is 0 Å². The summed E-state index contributed by atoms with van der Waals surface area (Å²) in [6.07, 6.45) is 1.67. The number of halogens is 2. The number of carbonyl (C=O) groups is 2. The molecule has 0 spiro atoms. The zero-order valence-corrected chi connectivity index (χ0v) is 16.9. The number of hydrogen-bond acceptors (Lipinski definition) is 6. The van der Waals surface area contributed by atoms with E-state index in [-0.39, 0.29) is 40.5 Å². The predicted molar refractivity (Wildman–Crippen MR) is 105 cm³/mol. The minimum absolute atomic E-state index is 0.0171. The number of rotatable bonds is 7. The van der Waals surface area contributed by atoms with E-state index >= 15 is 0 Å². The second-order valence-electron chi connectivity index (χ2n) is 6.73. The van der Waals surface area contributed by atoms with E-state index in [4.69, 9.17) is 21.4 Å². The van der Waals surface area contributed by atoms with Crippen molar-refractivity contribution in [3.05, 3.63) is 58.3 Å². The van der Waals surface area contributed by atoms with Crippen LogP contribution in [0.1, 0.15) is 35.7 Å². The lowest BCUT2D eigenvalue weighted by molar-refractivity contribution is -0.121. The smallest absolute Gasteiger partial charge is 0.226 e. The van der Waals surface area contributed by atoms with Gasteiger partial charge in [-0.3, -0.25) is 14.3 Å². The summed E-state index contributed by atoms with van der Waals surface area (Å²) in [5.41, 5.74) is 1.09. The van der Waals surface area contributed by atoms with Gasteiger partial charge in [0.1, 0.15) is 17.4 Å². The van der Waals surface area contributed by atoms with Crippen LogP contribution in [0.3, 0.4) is 0 Å². The SMILES string of the molecule is CC(=O)c1cc(CC(=O)N[C@@H](C)Cn2ccc(-c3cc(F)c(C#N)c(Cl)c3)n2)no1. The summed E-state index contributed by atoms with van der Waals surface area (Å²) in [4.78, 5) is 23.4. The first kappa shape index (κ1) is 21.2. The fraction of sp³-hybridized carbons (Fsp3) is 0.250. The minimum Gasteiger partial charge on any atom is -0.353 e. The van der Waals surface area contributed by atoms with Crippen molar-refractivity contribution in [3.63, 3.8) is 0 Å². The molecule has 2 heterocycles. The molecule has 0 fully saturated rings. The number of aromatic nitrogens is 3. The number of Topliss-reactive ketones (excluding diaryl/α,β-unsaturated/α-hetero) is 1. The summed E-state index contributed by atoms with van der Waals surface area (Å²) >= 11 is 5.94. The summed E-state index contributed by atoms with van der Waals surface area (Å²) in [6.45, 7) is 3.53. The molecule has 0 aliphatic heterocycles. The van der Waals surface area contributed by atoms with Crippen molar-refractivity contribution in [1.82, 2.24) is 20.3 Å². The Morgan fingerprint density at radius 1 is 1.40 bits per heavy atom. The lowest BCUT2D eigenvalue weighted by atomic mass is 10.1. The highest BCUT2D eigenvalue weighted by atomic mass is 35.5. The highest BCUT2D eigenvalue weighted by molar-refractivity contribution is 6.32. The van der Waals surface area contributed by atoms with Gasteiger partial charge in [0.2, 0.25) is 11.7 Å². The normalized spacial score (nSPS) is 11.7. The molecule has 0 radical (unpaired) electrons. The molecule has 1 aromatic carbocycles. The van der Waals surface area contributed by atoms with Gasteiger partial charge in [-0.25, -0.2) is 4.39 Å². The molecule has 1 atom stereocenters. The van der Waals surface area contributed by atoms with Gasteiger partial charge in [0.15, 0.2) is 5.78 Å². The highest BCUT2D eigenvalue weighted by Crippen LogP contribution is 2.26. The van der Waals surface area contributed by atoms with Crippen LogP contribution < -0.4 is 5.32 Å². The second-order valence-corrected chi connectivity index (χ2v) is 7.14. The summed E-state index contributed by atoms with van der Waals surface area (Å²) < 4.78 is 20.4. The maximum Gasteiger partial charge on any atom is 0.226 e. The first-order valence-corrected chi connectivity index (χ1v) is 9.33. The molecule has 3 aromatic rings. The van der Waals surface area contributed by atoms with Gasteiger partial charge in [-0.2, -0.15) is 10.4 Å². The Morgan fingerprint density at radius 2 is 2.17 bits per heavy atom. The molecule has 154 valence electrons. The maximum atomic E-state index is 14.0. The molecule has 10 heteroatoms. The number of amides is 1. The fourth-order valence-electron chi connectivity index (χ4n) is 2.82. The van der Waals surface area contributed by atoms with E-state index in [1.54, 1.807) is 29.9 Å². The van der Waals surface area contributed by atoms with Crippen molar-refractivity contribution >= 4 is 23.3 Å². The van der Waals surface area contributed by atoms with Crippen molar-refractivity contribution in [2.75, 3.05) is 0 Å². The fourth-order valence-corrected chi connectivity index (χ4v) is 3.07. The Bertz CT molecular complexity index is 1120. The molecule has 0 bridgehead atoms. The Hall–Kier alpha value is -3.51. The van der Waals surface area contributed by atoms with E-state index in [0.717, 1.165) is 0 Å². The summed E-state index contributed by atoms with van der Waals surface area (Å²) in [5, 5.41) is 19.8. The van der Waals surface area contributed by atoms with Gasteiger partial charge in [0.25, 0.3) is 0 Å². The van der Waals surface area contributed by atoms with E-state index in [1.807, 2.05) is 0 Å². The number of carbonyl (C=O) groups excluding carboxylic acids is 2. The molecule has 0 saturated heterocycles. The van der Waals surface area contributed by atoms with Crippen LogP contribution in [0.25, 0.3) is 11.3 Å². The third-order valence-electron chi connectivity index (χ3n) is 4.21. The molecule has 3 rings (SSSR count). The van der Waals surface area contributed by atoms with Gasteiger partial charge in [0, 0.05) is 30.8 Å². The standard InChI is InChI=1S/C20H17ClFN5O3/c1-11(24-20(29)8-14-7-19(12(2)28)30-26-14)10-27-4-3-18(25-27)13-5-16(21)15(9-23)17(22)6-13/h3-7,11H,8,10H2,1-2H3,(H,24,29)/t11-/m0/s1. The Kier molecular flexibility index (Phi) is 6.28. The molecular formula is C20H17ClFN5O3. The van der Waals surface area contributed by atoms with Gasteiger partial charge in [0.05, 0.1) is 29.4 Å². The second kappa shape index (κ2) is 8.88. The molecule has 1 amide bonds. The van der Waals surface area contributed by atoms with E-state index < -0.39 is 5.82 Å². The molecule has 0 aliphatic rings. The lowest BCUT2D eigenvalue weighted by Crippen LogP contribution is -2.36. The van der Waals surface area contributed by atoms with Gasteiger partial charge >= 0.3 is 0 Å². The monoisotopic (exact) mass is 429 g/mol. The molecule has 0 aliphatic carbocycles. The first-order valence-electron chi connectivity index (χ1n) is 8.95. The van der Waals surface area contributed by atoms with Gasteiger partial charge < -0.3 is 9.84 Å².